The quantitative estimate of drug-likeness (QED) is 0.700. The van der Waals surface area contributed by atoms with Gasteiger partial charge in [-0.1, -0.05) is 13.8 Å². The lowest BCUT2D eigenvalue weighted by atomic mass is 10.1. The maximum absolute atomic E-state index is 12.6. The van der Waals surface area contributed by atoms with E-state index in [1.54, 1.807) is 20.8 Å². The molecule has 0 radical (unpaired) electrons. The molecule has 1 heterocycles. The van der Waals surface area contributed by atoms with Crippen LogP contribution in [0.25, 0.3) is 0 Å². The molecular weight excluding hydrogens is 336 g/mol. The van der Waals surface area contributed by atoms with Crippen LogP contribution in [0, 0.1) is 5.92 Å². The smallest absolute Gasteiger partial charge is 0.261 e. The molecule has 2 N–H and O–H groups in total. The molecule has 0 aliphatic carbocycles. The number of nitrogens with one attached hydrogen (secondary N) is 2. The lowest BCUT2D eigenvalue weighted by Crippen LogP contribution is -2.49. The average Bonchev–Trinajstić information content (AvgIpc) is 2.56. The van der Waals surface area contributed by atoms with Crippen LogP contribution < -0.4 is 19.7 Å². The van der Waals surface area contributed by atoms with Crippen molar-refractivity contribution < 1.29 is 27.5 Å². The van der Waals surface area contributed by atoms with Gasteiger partial charge in [-0.3, -0.25) is 9.63 Å². The van der Waals surface area contributed by atoms with Gasteiger partial charge in [-0.05, 0) is 25.0 Å². The molecule has 0 saturated carbocycles. The number of benzene rings is 1. The molecule has 9 heteroatoms. The molecule has 1 atom stereocenters. The number of amides is 1. The fourth-order valence-electron chi connectivity index (χ4n) is 2.13. The Labute approximate surface area is 141 Å². The third kappa shape index (κ3) is 4.37. The summed E-state index contributed by atoms with van der Waals surface area (Å²) in [5, 5.41) is 0. The van der Waals surface area contributed by atoms with Gasteiger partial charge in [0, 0.05) is 6.07 Å². The van der Waals surface area contributed by atoms with Crippen LogP contribution in [0.3, 0.4) is 0 Å². The molecule has 2 rings (SSSR count). The van der Waals surface area contributed by atoms with Gasteiger partial charge >= 0.3 is 0 Å². The summed E-state index contributed by atoms with van der Waals surface area (Å²) in [6.45, 7) is 6.25. The summed E-state index contributed by atoms with van der Waals surface area (Å²) in [7, 11) is -3.91. The minimum Gasteiger partial charge on any atom is -0.486 e. The van der Waals surface area contributed by atoms with Crippen molar-refractivity contribution >= 4 is 15.9 Å². The average molecular weight is 358 g/mol. The molecule has 1 amide bonds. The van der Waals surface area contributed by atoms with Crippen LogP contribution in [0.4, 0.5) is 0 Å². The van der Waals surface area contributed by atoms with Crippen molar-refractivity contribution in [2.75, 3.05) is 19.8 Å². The van der Waals surface area contributed by atoms with E-state index in [1.807, 2.05) is 0 Å². The summed E-state index contributed by atoms with van der Waals surface area (Å²) < 4.78 is 38.3. The van der Waals surface area contributed by atoms with E-state index in [1.165, 1.54) is 18.2 Å². The summed E-state index contributed by atoms with van der Waals surface area (Å²) >= 11 is 0. The van der Waals surface area contributed by atoms with E-state index in [4.69, 9.17) is 14.3 Å². The summed E-state index contributed by atoms with van der Waals surface area (Å²) in [5.41, 5.74) is 2.23. The number of carbonyl (C=O) groups is 1. The van der Waals surface area contributed by atoms with Gasteiger partial charge in [0.05, 0.1) is 11.5 Å². The highest BCUT2D eigenvalue weighted by molar-refractivity contribution is 7.89. The van der Waals surface area contributed by atoms with Crippen LogP contribution in [0.1, 0.15) is 20.8 Å². The molecule has 134 valence electrons. The van der Waals surface area contributed by atoms with E-state index in [0.717, 1.165) is 0 Å². The van der Waals surface area contributed by atoms with Crippen molar-refractivity contribution in [3.63, 3.8) is 0 Å². The molecule has 0 aromatic heterocycles. The molecule has 1 aliphatic rings. The number of carbonyl (C=O) groups excluding carboxylic acids is 1. The van der Waals surface area contributed by atoms with Crippen molar-refractivity contribution in [1.29, 1.82) is 0 Å². The SMILES string of the molecule is CCONC(=O)[C@@H](NS(=O)(=O)c1ccc2c(c1)OCCO2)C(C)C. The highest BCUT2D eigenvalue weighted by Gasteiger charge is 2.29. The van der Waals surface area contributed by atoms with E-state index in [-0.39, 0.29) is 17.4 Å². The highest BCUT2D eigenvalue weighted by atomic mass is 32.2. The molecule has 1 aromatic rings. The Bertz CT molecular complexity index is 689. The van der Waals surface area contributed by atoms with Crippen LogP contribution in [0.5, 0.6) is 11.5 Å². The van der Waals surface area contributed by atoms with E-state index < -0.39 is 22.0 Å². The van der Waals surface area contributed by atoms with Crippen molar-refractivity contribution in [3.05, 3.63) is 18.2 Å². The molecule has 8 nitrogen and oxygen atoms in total. The summed E-state index contributed by atoms with van der Waals surface area (Å²) in [5.74, 6) is 0.0455. The van der Waals surface area contributed by atoms with E-state index in [9.17, 15) is 13.2 Å². The molecule has 0 bridgehead atoms. The Kier molecular flexibility index (Phi) is 6.03. The first-order chi connectivity index (χ1) is 11.3. The van der Waals surface area contributed by atoms with Gasteiger partial charge in [0.1, 0.15) is 19.3 Å². The lowest BCUT2D eigenvalue weighted by molar-refractivity contribution is -0.135. The van der Waals surface area contributed by atoms with Crippen LogP contribution in [-0.4, -0.2) is 40.2 Å². The van der Waals surface area contributed by atoms with Gasteiger partial charge in [-0.25, -0.2) is 13.9 Å². The molecule has 1 aromatic carbocycles. The third-order valence-corrected chi connectivity index (χ3v) is 4.81. The Morgan fingerprint density at radius 1 is 1.25 bits per heavy atom. The fourth-order valence-corrected chi connectivity index (χ4v) is 3.48. The third-order valence-electron chi connectivity index (χ3n) is 3.37. The number of sulfonamides is 1. The monoisotopic (exact) mass is 358 g/mol. The first-order valence-corrected chi connectivity index (χ1v) is 9.17. The Morgan fingerprint density at radius 3 is 2.54 bits per heavy atom. The predicted molar refractivity (Wildman–Crippen MR) is 86.1 cm³/mol. The van der Waals surface area contributed by atoms with Gasteiger partial charge in [0.25, 0.3) is 5.91 Å². The van der Waals surface area contributed by atoms with Gasteiger partial charge in [0.15, 0.2) is 11.5 Å². The second kappa shape index (κ2) is 7.82. The maximum atomic E-state index is 12.6. The molecule has 1 aliphatic heterocycles. The first kappa shape index (κ1) is 18.5. The Morgan fingerprint density at radius 2 is 1.92 bits per heavy atom. The minimum atomic E-state index is -3.91. The van der Waals surface area contributed by atoms with Crippen LogP contribution in [-0.2, 0) is 19.7 Å². The van der Waals surface area contributed by atoms with E-state index in [0.29, 0.717) is 24.7 Å². The van der Waals surface area contributed by atoms with Crippen molar-refractivity contribution in [1.82, 2.24) is 10.2 Å². The second-order valence-electron chi connectivity index (χ2n) is 5.55. The lowest BCUT2D eigenvalue weighted by Gasteiger charge is -2.22. The van der Waals surface area contributed by atoms with Crippen LogP contribution in [0.2, 0.25) is 0 Å². The largest absolute Gasteiger partial charge is 0.486 e. The van der Waals surface area contributed by atoms with Gasteiger partial charge < -0.3 is 9.47 Å². The number of fused-ring (bicyclic) bond motifs is 1. The topological polar surface area (TPSA) is 103 Å². The minimum absolute atomic E-state index is 0.00149. The zero-order valence-electron chi connectivity index (χ0n) is 13.9. The first-order valence-electron chi connectivity index (χ1n) is 7.68. The molecule has 0 spiro atoms. The Hall–Kier alpha value is -1.84. The fraction of sp³-hybridized carbons (Fsp3) is 0.533. The maximum Gasteiger partial charge on any atom is 0.261 e. The number of rotatable bonds is 7. The number of hydrogen-bond acceptors (Lipinski definition) is 6. The van der Waals surface area contributed by atoms with Gasteiger partial charge in [0.2, 0.25) is 10.0 Å². The molecule has 0 unspecified atom stereocenters. The highest BCUT2D eigenvalue weighted by Crippen LogP contribution is 2.32. The summed E-state index contributed by atoms with van der Waals surface area (Å²) in [6, 6.07) is 3.37. The number of hydrogen-bond donors (Lipinski definition) is 2. The predicted octanol–water partition coefficient (Wildman–Crippen LogP) is 0.828. The van der Waals surface area contributed by atoms with Crippen molar-refractivity contribution in [2.24, 2.45) is 5.92 Å². The van der Waals surface area contributed by atoms with Crippen LogP contribution in [0.15, 0.2) is 23.1 Å². The summed E-state index contributed by atoms with van der Waals surface area (Å²) in [4.78, 5) is 16.9. The number of hydroxylamine groups is 1. The second-order valence-corrected chi connectivity index (χ2v) is 7.26. The molecule has 0 saturated heterocycles. The Balaban J connectivity index is 2.20. The van der Waals surface area contributed by atoms with Crippen LogP contribution >= 0.6 is 0 Å². The standard InChI is InChI=1S/C15H22N2O6S/c1-4-23-16-15(18)14(10(2)3)17-24(19,20)11-5-6-12-13(9-11)22-8-7-21-12/h5-6,9-10,14,17H,4,7-8H2,1-3H3,(H,16,18)/t14-/m0/s1. The molecule has 24 heavy (non-hydrogen) atoms. The zero-order valence-corrected chi connectivity index (χ0v) is 14.7. The van der Waals surface area contributed by atoms with Gasteiger partial charge in [-0.15, -0.1) is 0 Å². The zero-order chi connectivity index (χ0) is 17.7. The molecular formula is C15H22N2O6S. The normalized spacial score (nSPS) is 15.2. The number of ether oxygens (including phenoxy) is 2. The van der Waals surface area contributed by atoms with Crippen molar-refractivity contribution in [3.8, 4) is 11.5 Å². The van der Waals surface area contributed by atoms with Crippen molar-refractivity contribution in [2.45, 2.75) is 31.7 Å². The summed E-state index contributed by atoms with van der Waals surface area (Å²) in [6.07, 6.45) is 0. The van der Waals surface area contributed by atoms with E-state index in [2.05, 4.69) is 10.2 Å². The van der Waals surface area contributed by atoms with Gasteiger partial charge in [-0.2, -0.15) is 4.72 Å². The van der Waals surface area contributed by atoms with E-state index >= 15 is 0 Å². The molecule has 0 fully saturated rings.